The Hall–Kier alpha value is -1.16. The Bertz CT molecular complexity index is 352. The predicted octanol–water partition coefficient (Wildman–Crippen LogP) is 2.31. The van der Waals surface area contributed by atoms with Crippen LogP contribution in [0.1, 0.15) is 52.4 Å². The maximum Gasteiger partial charge on any atom is 0.233 e. The lowest BCUT2D eigenvalue weighted by molar-refractivity contribution is -0.141. The third-order valence-electron chi connectivity index (χ3n) is 3.90. The summed E-state index contributed by atoms with van der Waals surface area (Å²) in [6, 6.07) is -0.0952. The second kappa shape index (κ2) is 8.90. The second-order valence-corrected chi connectivity index (χ2v) is 5.50. The van der Waals surface area contributed by atoms with Crippen LogP contribution in [0.4, 0.5) is 0 Å². The summed E-state index contributed by atoms with van der Waals surface area (Å²) in [5.74, 6) is -0.703. The Labute approximate surface area is 121 Å². The molecule has 1 fully saturated rings. The SMILES string of the molecule is CCC/C=C/CCC(=O)C(C)C(=O)N1CCC[C@@H]1CO. The van der Waals surface area contributed by atoms with Gasteiger partial charge in [-0.2, -0.15) is 0 Å². The van der Waals surface area contributed by atoms with E-state index in [1.807, 2.05) is 6.08 Å². The smallest absolute Gasteiger partial charge is 0.233 e. The molecule has 20 heavy (non-hydrogen) atoms. The van der Waals surface area contributed by atoms with Crippen LogP contribution in [0.2, 0.25) is 0 Å². The molecule has 1 amide bonds. The molecular weight excluding hydrogens is 254 g/mol. The fourth-order valence-corrected chi connectivity index (χ4v) is 2.55. The standard InChI is InChI=1S/C16H27NO3/c1-3-4-5-6-7-10-15(19)13(2)16(20)17-11-8-9-14(17)12-18/h5-6,13-14,18H,3-4,7-12H2,1-2H3/b6-5+/t13?,14-/m1/s1. The number of aliphatic hydroxyl groups excluding tert-OH is 1. The predicted molar refractivity (Wildman–Crippen MR) is 79.3 cm³/mol. The number of amides is 1. The maximum atomic E-state index is 12.3. The number of carbonyl (C=O) groups is 2. The van der Waals surface area contributed by atoms with Crippen molar-refractivity contribution in [2.45, 2.75) is 58.4 Å². The van der Waals surface area contributed by atoms with Crippen LogP contribution in [0.15, 0.2) is 12.2 Å². The molecule has 114 valence electrons. The van der Waals surface area contributed by atoms with Crippen molar-refractivity contribution < 1.29 is 14.7 Å². The van der Waals surface area contributed by atoms with Gasteiger partial charge in [-0.25, -0.2) is 0 Å². The zero-order valence-corrected chi connectivity index (χ0v) is 12.7. The molecule has 0 aromatic heterocycles. The first-order chi connectivity index (χ1) is 9.61. The molecular formula is C16H27NO3. The van der Waals surface area contributed by atoms with E-state index < -0.39 is 5.92 Å². The lowest BCUT2D eigenvalue weighted by Crippen LogP contribution is -2.42. The first kappa shape index (κ1) is 16.9. The fourth-order valence-electron chi connectivity index (χ4n) is 2.55. The summed E-state index contributed by atoms with van der Waals surface area (Å²) in [5, 5.41) is 9.24. The molecule has 1 rings (SSSR count). The largest absolute Gasteiger partial charge is 0.394 e. The van der Waals surface area contributed by atoms with Crippen molar-refractivity contribution in [3.63, 3.8) is 0 Å². The number of aliphatic hydroxyl groups is 1. The van der Waals surface area contributed by atoms with Crippen LogP contribution in [0.5, 0.6) is 0 Å². The van der Waals surface area contributed by atoms with E-state index in [1.165, 1.54) is 0 Å². The van der Waals surface area contributed by atoms with Crippen molar-refractivity contribution in [1.29, 1.82) is 0 Å². The van der Waals surface area contributed by atoms with Crippen LogP contribution in [0.25, 0.3) is 0 Å². The van der Waals surface area contributed by atoms with Gasteiger partial charge in [0.25, 0.3) is 0 Å². The Balaban J connectivity index is 2.41. The van der Waals surface area contributed by atoms with E-state index in [9.17, 15) is 14.7 Å². The molecule has 0 aromatic rings. The van der Waals surface area contributed by atoms with Gasteiger partial charge in [-0.05, 0) is 32.6 Å². The van der Waals surface area contributed by atoms with Gasteiger partial charge in [-0.15, -0.1) is 0 Å². The third-order valence-corrected chi connectivity index (χ3v) is 3.90. The van der Waals surface area contributed by atoms with E-state index in [0.29, 0.717) is 19.4 Å². The Kier molecular flexibility index (Phi) is 7.52. The van der Waals surface area contributed by atoms with E-state index in [-0.39, 0.29) is 24.3 Å². The van der Waals surface area contributed by atoms with Gasteiger partial charge in [0.1, 0.15) is 5.78 Å². The van der Waals surface area contributed by atoms with Crippen molar-refractivity contribution in [2.24, 2.45) is 5.92 Å². The summed E-state index contributed by atoms with van der Waals surface area (Å²) < 4.78 is 0. The van der Waals surface area contributed by atoms with Crippen LogP contribution in [-0.2, 0) is 9.59 Å². The highest BCUT2D eigenvalue weighted by Gasteiger charge is 2.33. The number of nitrogens with zero attached hydrogens (tertiary/aromatic N) is 1. The average molecular weight is 281 g/mol. The minimum absolute atomic E-state index is 0.000242. The zero-order chi connectivity index (χ0) is 15.0. The summed E-state index contributed by atoms with van der Waals surface area (Å²) >= 11 is 0. The van der Waals surface area contributed by atoms with Gasteiger partial charge in [0.2, 0.25) is 5.91 Å². The van der Waals surface area contributed by atoms with E-state index in [0.717, 1.165) is 25.7 Å². The number of hydrogen-bond donors (Lipinski definition) is 1. The van der Waals surface area contributed by atoms with Crippen LogP contribution in [0.3, 0.4) is 0 Å². The number of carbonyl (C=O) groups excluding carboxylic acids is 2. The molecule has 0 saturated carbocycles. The lowest BCUT2D eigenvalue weighted by Gasteiger charge is -2.25. The third kappa shape index (κ3) is 4.75. The lowest BCUT2D eigenvalue weighted by atomic mass is 10.00. The van der Waals surface area contributed by atoms with Gasteiger partial charge in [0, 0.05) is 13.0 Å². The van der Waals surface area contributed by atoms with Crippen LogP contribution in [-0.4, -0.2) is 40.9 Å². The molecule has 1 aliphatic heterocycles. The van der Waals surface area contributed by atoms with Crippen molar-refractivity contribution in [3.05, 3.63) is 12.2 Å². The Morgan fingerprint density at radius 2 is 2.05 bits per heavy atom. The van der Waals surface area contributed by atoms with Gasteiger partial charge >= 0.3 is 0 Å². The molecule has 1 heterocycles. The Morgan fingerprint density at radius 3 is 2.70 bits per heavy atom. The molecule has 0 aromatic carbocycles. The van der Waals surface area contributed by atoms with Gasteiger partial charge < -0.3 is 10.0 Å². The van der Waals surface area contributed by atoms with Crippen molar-refractivity contribution >= 4 is 11.7 Å². The van der Waals surface area contributed by atoms with Crippen molar-refractivity contribution in [2.75, 3.05) is 13.2 Å². The highest BCUT2D eigenvalue weighted by molar-refractivity contribution is 6.01. The zero-order valence-electron chi connectivity index (χ0n) is 12.7. The number of unbranched alkanes of at least 4 members (excludes halogenated alkanes) is 1. The normalized spacial score (nSPS) is 20.6. The summed E-state index contributed by atoms with van der Waals surface area (Å²) in [6.45, 7) is 4.46. The van der Waals surface area contributed by atoms with Crippen LogP contribution in [0, 0.1) is 5.92 Å². The summed E-state index contributed by atoms with van der Waals surface area (Å²) in [5.41, 5.74) is 0. The first-order valence-electron chi connectivity index (χ1n) is 7.70. The summed E-state index contributed by atoms with van der Waals surface area (Å²) in [7, 11) is 0. The fraction of sp³-hybridized carbons (Fsp3) is 0.750. The van der Waals surface area contributed by atoms with E-state index in [2.05, 4.69) is 13.0 Å². The molecule has 1 unspecified atom stereocenters. The summed E-state index contributed by atoms with van der Waals surface area (Å²) in [6.07, 6.45) is 9.13. The van der Waals surface area contributed by atoms with Gasteiger partial charge in [0.05, 0.1) is 18.6 Å². The number of likely N-dealkylation sites (tertiary alicyclic amines) is 1. The van der Waals surface area contributed by atoms with Crippen molar-refractivity contribution in [1.82, 2.24) is 4.90 Å². The molecule has 1 N–H and O–H groups in total. The van der Waals surface area contributed by atoms with Gasteiger partial charge in [-0.1, -0.05) is 25.5 Å². The molecule has 0 spiro atoms. The molecule has 0 aliphatic carbocycles. The average Bonchev–Trinajstić information content (AvgIpc) is 2.93. The summed E-state index contributed by atoms with van der Waals surface area (Å²) in [4.78, 5) is 26.0. The van der Waals surface area contributed by atoms with Gasteiger partial charge in [0.15, 0.2) is 0 Å². The monoisotopic (exact) mass is 281 g/mol. The number of hydrogen-bond acceptors (Lipinski definition) is 3. The van der Waals surface area contributed by atoms with E-state index in [1.54, 1.807) is 11.8 Å². The molecule has 0 bridgehead atoms. The topological polar surface area (TPSA) is 57.6 Å². The number of rotatable bonds is 8. The second-order valence-electron chi connectivity index (χ2n) is 5.50. The molecule has 1 aliphatic rings. The highest BCUT2D eigenvalue weighted by Crippen LogP contribution is 2.20. The van der Waals surface area contributed by atoms with Crippen LogP contribution >= 0.6 is 0 Å². The van der Waals surface area contributed by atoms with E-state index in [4.69, 9.17) is 0 Å². The maximum absolute atomic E-state index is 12.3. The number of allylic oxidation sites excluding steroid dienone is 2. The minimum atomic E-state index is -0.582. The molecule has 4 heteroatoms. The Morgan fingerprint density at radius 1 is 1.35 bits per heavy atom. The van der Waals surface area contributed by atoms with Crippen molar-refractivity contribution in [3.8, 4) is 0 Å². The van der Waals surface area contributed by atoms with Gasteiger partial charge in [-0.3, -0.25) is 9.59 Å². The van der Waals surface area contributed by atoms with E-state index >= 15 is 0 Å². The molecule has 4 nitrogen and oxygen atoms in total. The molecule has 2 atom stereocenters. The molecule has 0 radical (unpaired) electrons. The number of Topliss-reactive ketones (excluding diaryl/α,β-unsaturated/α-hetero) is 1. The van der Waals surface area contributed by atoms with Crippen LogP contribution < -0.4 is 0 Å². The minimum Gasteiger partial charge on any atom is -0.394 e. The number of ketones is 1. The quantitative estimate of drug-likeness (QED) is 0.548. The molecule has 1 saturated heterocycles. The first-order valence-corrected chi connectivity index (χ1v) is 7.70. The highest BCUT2D eigenvalue weighted by atomic mass is 16.3.